The number of allylic oxidation sites excluding steroid dienone is 1. The van der Waals surface area contributed by atoms with Crippen LogP contribution in [-0.2, 0) is 0 Å². The van der Waals surface area contributed by atoms with Crippen molar-refractivity contribution < 1.29 is 5.11 Å². The summed E-state index contributed by atoms with van der Waals surface area (Å²) in [5.41, 5.74) is -0.816. The average molecular weight is 124 g/mol. The van der Waals surface area contributed by atoms with Crippen molar-refractivity contribution in [2.45, 2.75) is 25.9 Å². The van der Waals surface area contributed by atoms with Crippen molar-refractivity contribution in [3.63, 3.8) is 0 Å². The van der Waals surface area contributed by atoms with Gasteiger partial charge in [-0.05, 0) is 13.8 Å². The number of rotatable bonds is 2. The molecule has 9 heavy (non-hydrogen) atoms. The molecule has 0 aromatic heterocycles. The van der Waals surface area contributed by atoms with Crippen molar-refractivity contribution >= 4 is 0 Å². The van der Waals surface area contributed by atoms with Gasteiger partial charge in [0.2, 0.25) is 0 Å². The van der Waals surface area contributed by atoms with E-state index in [-0.39, 0.29) is 0 Å². The van der Waals surface area contributed by atoms with E-state index in [4.69, 9.17) is 6.42 Å². The number of hydrogen-bond acceptors (Lipinski definition) is 1. The Labute approximate surface area is 56.4 Å². The zero-order valence-electron chi connectivity index (χ0n) is 5.89. The summed E-state index contributed by atoms with van der Waals surface area (Å²) in [6.07, 6.45) is 8.85. The second kappa shape index (κ2) is 3.32. The molecule has 0 aromatic carbocycles. The molecule has 50 valence electrons. The van der Waals surface area contributed by atoms with Gasteiger partial charge in [-0.25, -0.2) is 0 Å². The topological polar surface area (TPSA) is 20.2 Å². The first-order valence-electron chi connectivity index (χ1n) is 2.92. The lowest BCUT2D eigenvalue weighted by molar-refractivity contribution is 0.117. The highest BCUT2D eigenvalue weighted by molar-refractivity contribution is 5.04. The highest BCUT2D eigenvalue weighted by atomic mass is 16.3. The molecule has 0 fully saturated rings. The maximum Gasteiger partial charge on any atom is 0.0908 e. The van der Waals surface area contributed by atoms with Crippen LogP contribution in [0.2, 0.25) is 0 Å². The van der Waals surface area contributed by atoms with Crippen LogP contribution in [0, 0.1) is 12.3 Å². The van der Waals surface area contributed by atoms with Gasteiger partial charge in [0.05, 0.1) is 5.60 Å². The van der Waals surface area contributed by atoms with Crippen LogP contribution in [0.25, 0.3) is 0 Å². The molecule has 0 heterocycles. The van der Waals surface area contributed by atoms with Crippen molar-refractivity contribution in [1.29, 1.82) is 0 Å². The third-order valence-corrected chi connectivity index (χ3v) is 0.986. The molecule has 1 heteroatoms. The highest BCUT2D eigenvalue weighted by Gasteiger charge is 2.12. The normalized spacial score (nSPS) is 17.1. The number of aliphatic hydroxyl groups is 1. The lowest BCUT2D eigenvalue weighted by Gasteiger charge is -2.13. The summed E-state index contributed by atoms with van der Waals surface area (Å²) in [6, 6.07) is 0. The minimum absolute atomic E-state index is 0.372. The molecule has 0 bridgehead atoms. The van der Waals surface area contributed by atoms with Crippen LogP contribution in [0.5, 0.6) is 0 Å². The van der Waals surface area contributed by atoms with E-state index in [1.807, 2.05) is 6.92 Å². The lowest BCUT2D eigenvalue weighted by atomic mass is 10.0. The van der Waals surface area contributed by atoms with Crippen LogP contribution >= 0.6 is 0 Å². The second-order valence-corrected chi connectivity index (χ2v) is 2.24. The largest absolute Gasteiger partial charge is 0.385 e. The summed E-state index contributed by atoms with van der Waals surface area (Å²) in [5.74, 6) is 2.39. The Hall–Kier alpha value is -0.740. The third-order valence-electron chi connectivity index (χ3n) is 0.986. The molecule has 0 amide bonds. The van der Waals surface area contributed by atoms with Gasteiger partial charge in [0, 0.05) is 6.42 Å². The van der Waals surface area contributed by atoms with E-state index in [2.05, 4.69) is 5.92 Å². The van der Waals surface area contributed by atoms with Gasteiger partial charge in [0.1, 0.15) is 0 Å². The Kier molecular flexibility index (Phi) is 3.05. The molecular weight excluding hydrogens is 112 g/mol. The summed E-state index contributed by atoms with van der Waals surface area (Å²) in [4.78, 5) is 0. The molecule has 0 aliphatic heterocycles. The van der Waals surface area contributed by atoms with E-state index in [0.29, 0.717) is 6.42 Å². The van der Waals surface area contributed by atoms with Crippen LogP contribution < -0.4 is 0 Å². The molecule has 0 aromatic rings. The molecule has 0 aliphatic carbocycles. The Morgan fingerprint density at radius 2 is 2.33 bits per heavy atom. The predicted molar refractivity (Wildman–Crippen MR) is 38.9 cm³/mol. The summed E-state index contributed by atoms with van der Waals surface area (Å²) < 4.78 is 0. The van der Waals surface area contributed by atoms with E-state index in [1.54, 1.807) is 19.1 Å². The molecule has 0 saturated carbocycles. The third kappa shape index (κ3) is 3.81. The number of terminal acetylenes is 1. The molecular formula is C8H12O. The van der Waals surface area contributed by atoms with Crippen LogP contribution in [0.15, 0.2) is 12.2 Å². The first-order chi connectivity index (χ1) is 4.12. The predicted octanol–water partition coefficient (Wildman–Crippen LogP) is 1.34. The van der Waals surface area contributed by atoms with Gasteiger partial charge in [-0.1, -0.05) is 12.2 Å². The molecule has 1 unspecified atom stereocenters. The summed E-state index contributed by atoms with van der Waals surface area (Å²) in [5, 5.41) is 9.29. The minimum atomic E-state index is -0.816. The molecule has 0 saturated heterocycles. The lowest BCUT2D eigenvalue weighted by Crippen LogP contribution is -2.18. The fraction of sp³-hybridized carbons (Fsp3) is 0.500. The standard InChI is InChI=1S/C8H12O/c1-4-6-8(3,9)7-5-2/h1,5,7,9H,6H2,2-3H3. The van der Waals surface area contributed by atoms with Crippen LogP contribution in [0.3, 0.4) is 0 Å². The van der Waals surface area contributed by atoms with E-state index in [1.165, 1.54) is 0 Å². The van der Waals surface area contributed by atoms with Crippen molar-refractivity contribution in [2.75, 3.05) is 0 Å². The van der Waals surface area contributed by atoms with E-state index < -0.39 is 5.60 Å². The van der Waals surface area contributed by atoms with Gasteiger partial charge in [-0.15, -0.1) is 12.3 Å². The molecule has 1 atom stereocenters. The van der Waals surface area contributed by atoms with Crippen LogP contribution in [0.4, 0.5) is 0 Å². The summed E-state index contributed by atoms with van der Waals surface area (Å²) >= 11 is 0. The SMILES string of the molecule is C#CCC(C)(O)C=CC. The Morgan fingerprint density at radius 1 is 1.78 bits per heavy atom. The second-order valence-electron chi connectivity index (χ2n) is 2.24. The van der Waals surface area contributed by atoms with Gasteiger partial charge in [-0.3, -0.25) is 0 Å². The smallest absolute Gasteiger partial charge is 0.0908 e. The van der Waals surface area contributed by atoms with Gasteiger partial charge >= 0.3 is 0 Å². The average Bonchev–Trinajstić information content (AvgIpc) is 1.64. The van der Waals surface area contributed by atoms with Crippen molar-refractivity contribution in [2.24, 2.45) is 0 Å². The zero-order chi connectivity index (χ0) is 7.33. The van der Waals surface area contributed by atoms with Gasteiger partial charge < -0.3 is 5.11 Å². The molecule has 0 radical (unpaired) electrons. The summed E-state index contributed by atoms with van der Waals surface area (Å²) in [7, 11) is 0. The van der Waals surface area contributed by atoms with E-state index >= 15 is 0 Å². The fourth-order valence-corrected chi connectivity index (χ4v) is 0.625. The molecule has 0 spiro atoms. The first kappa shape index (κ1) is 8.26. The van der Waals surface area contributed by atoms with Gasteiger partial charge in [0.25, 0.3) is 0 Å². The monoisotopic (exact) mass is 124 g/mol. The quantitative estimate of drug-likeness (QED) is 0.435. The van der Waals surface area contributed by atoms with Gasteiger partial charge in [0.15, 0.2) is 0 Å². The molecule has 1 N–H and O–H groups in total. The molecule has 1 nitrogen and oxygen atoms in total. The maximum absolute atomic E-state index is 9.29. The maximum atomic E-state index is 9.29. The van der Waals surface area contributed by atoms with Crippen LogP contribution in [-0.4, -0.2) is 10.7 Å². The van der Waals surface area contributed by atoms with Crippen molar-refractivity contribution in [3.05, 3.63) is 12.2 Å². The summed E-state index contributed by atoms with van der Waals surface area (Å²) in [6.45, 7) is 3.54. The molecule has 0 rings (SSSR count). The number of hydrogen-bond donors (Lipinski definition) is 1. The molecule has 0 aliphatic rings. The van der Waals surface area contributed by atoms with E-state index in [9.17, 15) is 5.11 Å². The van der Waals surface area contributed by atoms with Gasteiger partial charge in [-0.2, -0.15) is 0 Å². The minimum Gasteiger partial charge on any atom is -0.385 e. The van der Waals surface area contributed by atoms with Crippen molar-refractivity contribution in [1.82, 2.24) is 0 Å². The zero-order valence-corrected chi connectivity index (χ0v) is 5.89. The Morgan fingerprint density at radius 3 is 2.67 bits per heavy atom. The van der Waals surface area contributed by atoms with E-state index in [0.717, 1.165) is 0 Å². The van der Waals surface area contributed by atoms with Crippen molar-refractivity contribution in [3.8, 4) is 12.3 Å². The fourth-order valence-electron chi connectivity index (χ4n) is 0.625. The highest BCUT2D eigenvalue weighted by Crippen LogP contribution is 2.08. The first-order valence-corrected chi connectivity index (χ1v) is 2.92. The van der Waals surface area contributed by atoms with Crippen LogP contribution in [0.1, 0.15) is 20.3 Å². The Bertz CT molecular complexity index is 137. The Balaban J connectivity index is 3.89.